The van der Waals surface area contributed by atoms with Gasteiger partial charge in [-0.15, -0.1) is 0 Å². The van der Waals surface area contributed by atoms with Crippen LogP contribution in [-0.4, -0.2) is 57.5 Å². The Morgan fingerprint density at radius 2 is 1.88 bits per heavy atom. The molecule has 0 saturated carbocycles. The van der Waals surface area contributed by atoms with Gasteiger partial charge in [0.15, 0.2) is 5.75 Å². The van der Waals surface area contributed by atoms with Gasteiger partial charge in [0.25, 0.3) is 0 Å². The second kappa shape index (κ2) is 11.6. The first-order chi connectivity index (χ1) is 22.8. The van der Waals surface area contributed by atoms with E-state index in [2.05, 4.69) is 15.6 Å². The van der Waals surface area contributed by atoms with Crippen molar-refractivity contribution in [3.8, 4) is 16.9 Å². The van der Waals surface area contributed by atoms with E-state index in [-0.39, 0.29) is 57.7 Å². The number of alkyl halides is 3. The lowest BCUT2D eigenvalue weighted by atomic mass is 9.94. The Bertz CT molecular complexity index is 2140. The summed E-state index contributed by atoms with van der Waals surface area (Å²) in [4.78, 5) is 30.4. The van der Waals surface area contributed by atoms with Gasteiger partial charge in [-0.2, -0.15) is 13.2 Å². The molecule has 0 unspecified atom stereocenters. The molecule has 5 aromatic rings. The molecule has 5 heterocycles. The van der Waals surface area contributed by atoms with Gasteiger partial charge in [0.2, 0.25) is 11.7 Å². The number of imidazole rings is 1. The first-order valence-corrected chi connectivity index (χ1v) is 15.0. The highest BCUT2D eigenvalue weighted by Gasteiger charge is 2.39. The summed E-state index contributed by atoms with van der Waals surface area (Å²) < 4.78 is 88.0. The lowest BCUT2D eigenvalue weighted by Crippen LogP contribution is -2.58. The van der Waals surface area contributed by atoms with Gasteiger partial charge in [-0.3, -0.25) is 9.59 Å². The normalized spacial score (nSPS) is 15.6. The van der Waals surface area contributed by atoms with Crippen LogP contribution in [-0.2, 0) is 29.2 Å². The molecule has 2 aromatic carbocycles. The zero-order valence-corrected chi connectivity index (χ0v) is 25.7. The van der Waals surface area contributed by atoms with Crippen LogP contribution in [0.4, 0.5) is 27.6 Å². The van der Waals surface area contributed by atoms with E-state index in [0.29, 0.717) is 30.8 Å². The summed E-state index contributed by atoms with van der Waals surface area (Å²) in [5.74, 6) is -3.92. The molecule has 9 nitrogen and oxygen atoms in total. The Morgan fingerprint density at radius 1 is 1.12 bits per heavy atom. The van der Waals surface area contributed by atoms with E-state index >= 15 is 8.78 Å². The number of hydrogen-bond donors (Lipinski definition) is 2. The van der Waals surface area contributed by atoms with Gasteiger partial charge < -0.3 is 29.1 Å². The third-order valence-electron chi connectivity index (χ3n) is 8.58. The van der Waals surface area contributed by atoms with Gasteiger partial charge in [-0.1, -0.05) is 12.1 Å². The quantitative estimate of drug-likeness (QED) is 0.129. The van der Waals surface area contributed by atoms with Crippen LogP contribution in [0, 0.1) is 11.6 Å². The van der Waals surface area contributed by atoms with Gasteiger partial charge >= 0.3 is 6.18 Å². The minimum atomic E-state index is -4.76. The van der Waals surface area contributed by atoms with Crippen molar-refractivity contribution in [3.05, 3.63) is 95.1 Å². The lowest BCUT2D eigenvalue weighted by Gasteiger charge is -2.38. The summed E-state index contributed by atoms with van der Waals surface area (Å²) >= 11 is 0. The summed E-state index contributed by atoms with van der Waals surface area (Å²) in [7, 11) is 1.59. The number of nitrogens with one attached hydrogen (secondary N) is 2. The van der Waals surface area contributed by atoms with Crippen LogP contribution in [0.3, 0.4) is 0 Å². The molecule has 0 bridgehead atoms. The average Bonchev–Trinajstić information content (AvgIpc) is 3.58. The molecule has 2 aliphatic heterocycles. The maximum atomic E-state index is 15.2. The van der Waals surface area contributed by atoms with E-state index in [1.165, 1.54) is 45.8 Å². The number of hydrogen-bond acceptors (Lipinski definition) is 6. The number of rotatable bonds is 7. The summed E-state index contributed by atoms with van der Waals surface area (Å²) in [5, 5.41) is 5.35. The number of carbonyl (C=O) groups excluding carboxylic acids is 2. The third kappa shape index (κ3) is 5.40. The van der Waals surface area contributed by atoms with Crippen molar-refractivity contribution in [3.63, 3.8) is 0 Å². The van der Waals surface area contributed by atoms with Crippen LogP contribution in [0.15, 0.2) is 61.1 Å². The lowest BCUT2D eigenvalue weighted by molar-refractivity contribution is -0.137. The molecule has 7 rings (SSSR count). The number of fused-ring (bicyclic) bond motifs is 4. The SMILES string of the molecule is Cn1cnc2c3c(c(C(F)(F)F)cc21)-c1cccn2c(C(=O)c4cc(F)c(NC(=O)/C=C/CNC5(C)COC5)c(F)c4)cc(c12)CCO3. The number of anilines is 1. The summed E-state index contributed by atoms with van der Waals surface area (Å²) in [6, 6.07) is 7.12. The van der Waals surface area contributed by atoms with E-state index in [1.54, 1.807) is 7.05 Å². The third-order valence-corrected chi connectivity index (χ3v) is 8.58. The van der Waals surface area contributed by atoms with Crippen LogP contribution in [0.1, 0.15) is 34.1 Å². The number of pyridine rings is 1. The molecule has 2 N–H and O–H groups in total. The molecule has 2 aliphatic rings. The molecular weight excluding hydrogens is 637 g/mol. The van der Waals surface area contributed by atoms with Crippen molar-refractivity contribution in [2.24, 2.45) is 7.05 Å². The number of amides is 1. The summed E-state index contributed by atoms with van der Waals surface area (Å²) in [6.45, 7) is 3.35. The van der Waals surface area contributed by atoms with E-state index < -0.39 is 40.8 Å². The Kier molecular flexibility index (Phi) is 7.59. The Labute approximate surface area is 270 Å². The van der Waals surface area contributed by atoms with Crippen molar-refractivity contribution in [2.45, 2.75) is 25.1 Å². The zero-order chi connectivity index (χ0) is 34.0. The van der Waals surface area contributed by atoms with Crippen molar-refractivity contribution in [2.75, 3.05) is 31.7 Å². The summed E-state index contributed by atoms with van der Waals surface area (Å²) in [5.41, 5.74) is -0.933. The minimum Gasteiger partial charge on any atom is -0.490 e. The Hall–Kier alpha value is -5.08. The van der Waals surface area contributed by atoms with E-state index in [0.717, 1.165) is 24.3 Å². The largest absolute Gasteiger partial charge is 0.490 e. The smallest absolute Gasteiger partial charge is 0.417 e. The number of nitrogens with zero attached hydrogens (tertiary/aromatic N) is 3. The molecule has 248 valence electrons. The van der Waals surface area contributed by atoms with Gasteiger partial charge in [0, 0.05) is 49.0 Å². The fraction of sp³-hybridized carbons (Fsp3) is 0.265. The van der Waals surface area contributed by atoms with E-state index in [9.17, 15) is 22.8 Å². The zero-order valence-electron chi connectivity index (χ0n) is 25.7. The molecule has 48 heavy (non-hydrogen) atoms. The fourth-order valence-electron chi connectivity index (χ4n) is 6.15. The van der Waals surface area contributed by atoms with Crippen LogP contribution in [0.5, 0.6) is 5.75 Å². The monoisotopic (exact) mass is 665 g/mol. The van der Waals surface area contributed by atoms with Crippen LogP contribution < -0.4 is 15.4 Å². The van der Waals surface area contributed by atoms with Gasteiger partial charge in [-0.05, 0) is 42.8 Å². The molecule has 1 fully saturated rings. The van der Waals surface area contributed by atoms with Crippen LogP contribution in [0.2, 0.25) is 0 Å². The highest BCUT2D eigenvalue weighted by molar-refractivity contribution is 6.10. The van der Waals surface area contributed by atoms with Crippen molar-refractivity contribution >= 4 is 33.9 Å². The number of ether oxygens (including phenoxy) is 2. The maximum absolute atomic E-state index is 15.2. The predicted octanol–water partition coefficient (Wildman–Crippen LogP) is 5.83. The number of benzene rings is 2. The Balaban J connectivity index is 1.24. The molecule has 14 heteroatoms. The maximum Gasteiger partial charge on any atom is 0.417 e. The fourth-order valence-corrected chi connectivity index (χ4v) is 6.15. The molecule has 0 radical (unpaired) electrons. The van der Waals surface area contributed by atoms with Crippen molar-refractivity contribution in [1.82, 2.24) is 19.3 Å². The van der Waals surface area contributed by atoms with Gasteiger partial charge in [0.1, 0.15) is 22.8 Å². The number of aryl methyl sites for hydroxylation is 1. The standard InChI is InChI=1S/C34H28F5N5O4/c1-33(15-47-16-33)41-8-3-6-26(45)42-28-22(35)11-19(12-23(28)36)31(46)25-13-18-7-10-48-32-27(20-5-4-9-44(25)30(18)20)21(34(37,38)39)14-24-29(32)40-17-43(24)2/h3-6,9,11-14,17,41H,7-8,10,15-16H2,1-2H3,(H,42,45)/b6-3+. The highest BCUT2D eigenvalue weighted by Crippen LogP contribution is 2.48. The first-order valence-electron chi connectivity index (χ1n) is 15.0. The van der Waals surface area contributed by atoms with Gasteiger partial charge in [-0.25, -0.2) is 13.8 Å². The second-order valence-electron chi connectivity index (χ2n) is 12.1. The number of halogens is 5. The Morgan fingerprint density at radius 3 is 2.56 bits per heavy atom. The molecule has 0 aliphatic carbocycles. The van der Waals surface area contributed by atoms with Crippen molar-refractivity contribution in [1.29, 1.82) is 0 Å². The molecule has 3 aromatic heterocycles. The van der Waals surface area contributed by atoms with Crippen LogP contribution >= 0.6 is 0 Å². The molecule has 0 atom stereocenters. The van der Waals surface area contributed by atoms with E-state index in [4.69, 9.17) is 9.47 Å². The molecule has 1 amide bonds. The minimum absolute atomic E-state index is 0.0164. The topological polar surface area (TPSA) is 98.9 Å². The molecule has 1 saturated heterocycles. The van der Waals surface area contributed by atoms with Crippen molar-refractivity contribution < 1.29 is 41.0 Å². The number of aromatic nitrogens is 3. The number of ketones is 1. The summed E-state index contributed by atoms with van der Waals surface area (Å²) in [6.07, 6.45) is 1.02. The average molecular weight is 666 g/mol. The first kappa shape index (κ1) is 31.5. The van der Waals surface area contributed by atoms with Crippen LogP contribution in [0.25, 0.3) is 27.7 Å². The predicted molar refractivity (Wildman–Crippen MR) is 166 cm³/mol. The molecule has 0 spiro atoms. The number of carbonyl (C=O) groups is 2. The van der Waals surface area contributed by atoms with E-state index in [1.807, 2.05) is 6.92 Å². The highest BCUT2D eigenvalue weighted by atomic mass is 19.4. The van der Waals surface area contributed by atoms with Gasteiger partial charge in [0.05, 0.1) is 54.0 Å². The second-order valence-corrected chi connectivity index (χ2v) is 12.1. The molecular formula is C34H28F5N5O4.